The molecule has 3 rings (SSSR count). The number of esters is 1. The zero-order valence-corrected chi connectivity index (χ0v) is 17.8. The van der Waals surface area contributed by atoms with E-state index in [0.717, 1.165) is 23.1 Å². The number of ether oxygens (including phenoxy) is 1. The molecule has 0 fully saturated rings. The van der Waals surface area contributed by atoms with Gasteiger partial charge in [0.15, 0.2) is 0 Å². The number of aliphatic hydroxyl groups is 2. The van der Waals surface area contributed by atoms with E-state index >= 15 is 0 Å². The minimum Gasteiger partial charge on any atom is -0.459 e. The third-order valence-electron chi connectivity index (χ3n) is 5.13. The fourth-order valence-corrected chi connectivity index (χ4v) is 3.44. The summed E-state index contributed by atoms with van der Waals surface area (Å²) in [5, 5.41) is 30.1. The monoisotopic (exact) mass is 475 g/mol. The first-order valence-electron chi connectivity index (χ1n) is 10.0. The van der Waals surface area contributed by atoms with Crippen molar-refractivity contribution in [2.24, 2.45) is 0 Å². The van der Waals surface area contributed by atoms with E-state index in [1.54, 1.807) is 0 Å². The van der Waals surface area contributed by atoms with Crippen molar-refractivity contribution in [3.8, 4) is 6.07 Å². The lowest BCUT2D eigenvalue weighted by Gasteiger charge is -2.35. The number of hydrogen-bond acceptors (Lipinski definition) is 6. The summed E-state index contributed by atoms with van der Waals surface area (Å²) in [4.78, 5) is 26.9. The molecule has 11 heteroatoms. The van der Waals surface area contributed by atoms with Crippen LogP contribution in [0.25, 0.3) is 0 Å². The summed E-state index contributed by atoms with van der Waals surface area (Å²) in [6.45, 7) is 0.190. The summed E-state index contributed by atoms with van der Waals surface area (Å²) in [5.41, 5.74) is -0.413. The Labute approximate surface area is 192 Å². The van der Waals surface area contributed by atoms with Crippen LogP contribution in [-0.2, 0) is 15.7 Å². The number of hydrogen-bond donors (Lipinski definition) is 3. The molecule has 1 aliphatic heterocycles. The average Bonchev–Trinajstić information content (AvgIpc) is 2.81. The second kappa shape index (κ2) is 9.94. The van der Waals surface area contributed by atoms with Gasteiger partial charge in [0.05, 0.1) is 41.1 Å². The molecular formula is C23H20F3N3O5. The van der Waals surface area contributed by atoms with E-state index in [2.05, 4.69) is 5.32 Å². The number of carbonyl (C=O) groups excluding carboxylic acids is 2. The Balaban J connectivity index is 2.10. The van der Waals surface area contributed by atoms with Crippen LogP contribution in [-0.4, -0.2) is 41.5 Å². The van der Waals surface area contributed by atoms with E-state index in [1.807, 2.05) is 6.07 Å². The SMILES string of the molecule is CC1=C(C(=O)OCC(O)CO)[C@@H](c2ccc(C#N)cc2)NC(=O)N1c1cccc(C(F)(F)F)c1. The van der Waals surface area contributed by atoms with E-state index in [1.165, 1.54) is 37.3 Å². The average molecular weight is 475 g/mol. The Morgan fingerprint density at radius 3 is 2.53 bits per heavy atom. The van der Waals surface area contributed by atoms with Gasteiger partial charge in [-0.1, -0.05) is 18.2 Å². The number of alkyl halides is 3. The van der Waals surface area contributed by atoms with Crippen molar-refractivity contribution in [3.05, 3.63) is 76.5 Å². The van der Waals surface area contributed by atoms with Gasteiger partial charge in [-0.3, -0.25) is 4.90 Å². The smallest absolute Gasteiger partial charge is 0.416 e. The highest BCUT2D eigenvalue weighted by atomic mass is 19.4. The minimum absolute atomic E-state index is 0.0147. The molecule has 0 saturated carbocycles. The second-order valence-electron chi connectivity index (χ2n) is 7.43. The number of amides is 2. The van der Waals surface area contributed by atoms with E-state index in [0.29, 0.717) is 11.1 Å². The van der Waals surface area contributed by atoms with Crippen LogP contribution in [0.5, 0.6) is 0 Å². The Hall–Kier alpha value is -3.88. The van der Waals surface area contributed by atoms with Gasteiger partial charge in [-0.15, -0.1) is 0 Å². The van der Waals surface area contributed by atoms with Gasteiger partial charge in [0.25, 0.3) is 0 Å². The van der Waals surface area contributed by atoms with Gasteiger partial charge in [0.1, 0.15) is 12.7 Å². The van der Waals surface area contributed by atoms with E-state index in [-0.39, 0.29) is 17.0 Å². The summed E-state index contributed by atoms with van der Waals surface area (Å²) < 4.78 is 44.7. The molecule has 0 aliphatic carbocycles. The third-order valence-corrected chi connectivity index (χ3v) is 5.13. The molecule has 2 aromatic carbocycles. The zero-order chi connectivity index (χ0) is 25.0. The third kappa shape index (κ3) is 5.19. The molecule has 0 saturated heterocycles. The number of carbonyl (C=O) groups is 2. The quantitative estimate of drug-likeness (QED) is 0.552. The largest absolute Gasteiger partial charge is 0.459 e. The number of nitrogens with zero attached hydrogens (tertiary/aromatic N) is 2. The molecular weight excluding hydrogens is 455 g/mol. The maximum Gasteiger partial charge on any atom is 0.416 e. The lowest BCUT2D eigenvalue weighted by molar-refractivity contribution is -0.143. The molecule has 0 spiro atoms. The number of nitrogens with one attached hydrogen (secondary N) is 1. The van der Waals surface area contributed by atoms with Crippen LogP contribution in [0.15, 0.2) is 59.8 Å². The Kier molecular flexibility index (Phi) is 7.24. The number of halogens is 3. The number of aliphatic hydroxyl groups excluding tert-OH is 2. The van der Waals surface area contributed by atoms with Gasteiger partial charge in [-0.25, -0.2) is 9.59 Å². The standard InChI is InChI=1S/C23H20F3N3O5/c1-13-19(21(32)34-12-18(31)11-30)20(15-7-5-14(10-27)6-8-15)28-22(33)29(13)17-4-2-3-16(9-17)23(24,25)26/h2-9,18,20,30-31H,11-12H2,1H3,(H,28,33)/t18?,20-/m1/s1. The van der Waals surface area contributed by atoms with Crippen LogP contribution in [0.3, 0.4) is 0 Å². The summed E-state index contributed by atoms with van der Waals surface area (Å²) in [5.74, 6) is -0.948. The van der Waals surface area contributed by atoms with Crippen LogP contribution >= 0.6 is 0 Å². The predicted molar refractivity (Wildman–Crippen MR) is 113 cm³/mol. The first kappa shape index (κ1) is 24.8. The fraction of sp³-hybridized carbons (Fsp3) is 0.261. The fourth-order valence-electron chi connectivity index (χ4n) is 3.44. The van der Waals surface area contributed by atoms with Gasteiger partial charge in [-0.2, -0.15) is 18.4 Å². The molecule has 2 aromatic rings. The number of urea groups is 1. The van der Waals surface area contributed by atoms with Gasteiger partial charge in [0, 0.05) is 5.70 Å². The predicted octanol–water partition coefficient (Wildman–Crippen LogP) is 3.02. The lowest BCUT2D eigenvalue weighted by atomic mass is 9.94. The summed E-state index contributed by atoms with van der Waals surface area (Å²) in [7, 11) is 0. The van der Waals surface area contributed by atoms with Crippen molar-refractivity contribution < 1.29 is 37.7 Å². The summed E-state index contributed by atoms with van der Waals surface area (Å²) in [6.07, 6.45) is -5.98. The highest BCUT2D eigenvalue weighted by Crippen LogP contribution is 2.37. The Morgan fingerprint density at radius 2 is 1.94 bits per heavy atom. The van der Waals surface area contributed by atoms with Gasteiger partial charge in [-0.05, 0) is 42.8 Å². The lowest BCUT2D eigenvalue weighted by Crippen LogP contribution is -2.48. The van der Waals surface area contributed by atoms with Crippen molar-refractivity contribution in [2.75, 3.05) is 18.1 Å². The minimum atomic E-state index is -4.65. The van der Waals surface area contributed by atoms with Crippen molar-refractivity contribution in [3.63, 3.8) is 0 Å². The molecule has 0 bridgehead atoms. The van der Waals surface area contributed by atoms with E-state index in [9.17, 15) is 27.9 Å². The van der Waals surface area contributed by atoms with Crippen molar-refractivity contribution in [2.45, 2.75) is 25.2 Å². The van der Waals surface area contributed by atoms with Crippen LogP contribution in [0, 0.1) is 11.3 Å². The summed E-state index contributed by atoms with van der Waals surface area (Å²) in [6, 6.07) is 10.2. The molecule has 8 nitrogen and oxygen atoms in total. The number of allylic oxidation sites excluding steroid dienone is 1. The molecule has 34 heavy (non-hydrogen) atoms. The summed E-state index contributed by atoms with van der Waals surface area (Å²) >= 11 is 0. The molecule has 0 radical (unpaired) electrons. The number of rotatable bonds is 6. The van der Waals surface area contributed by atoms with Crippen LogP contribution in [0.2, 0.25) is 0 Å². The normalized spacial score (nSPS) is 17.1. The first-order chi connectivity index (χ1) is 16.1. The highest BCUT2D eigenvalue weighted by Gasteiger charge is 2.38. The molecule has 2 atom stereocenters. The number of nitriles is 1. The number of anilines is 1. The number of benzene rings is 2. The zero-order valence-electron chi connectivity index (χ0n) is 17.8. The van der Waals surface area contributed by atoms with Crippen LogP contribution in [0.1, 0.15) is 29.7 Å². The molecule has 1 heterocycles. The first-order valence-corrected chi connectivity index (χ1v) is 10.0. The highest BCUT2D eigenvalue weighted by molar-refractivity contribution is 6.03. The van der Waals surface area contributed by atoms with E-state index < -0.39 is 49.1 Å². The molecule has 178 valence electrons. The van der Waals surface area contributed by atoms with Crippen molar-refractivity contribution >= 4 is 17.7 Å². The Bertz CT molecular complexity index is 1160. The van der Waals surface area contributed by atoms with Crippen LogP contribution < -0.4 is 10.2 Å². The van der Waals surface area contributed by atoms with Crippen molar-refractivity contribution in [1.29, 1.82) is 5.26 Å². The molecule has 3 N–H and O–H groups in total. The molecule has 1 aliphatic rings. The Morgan fingerprint density at radius 1 is 1.26 bits per heavy atom. The molecule has 0 aromatic heterocycles. The maximum atomic E-state index is 13.2. The van der Waals surface area contributed by atoms with Crippen LogP contribution in [0.4, 0.5) is 23.7 Å². The van der Waals surface area contributed by atoms with Gasteiger partial charge in [0.2, 0.25) is 0 Å². The van der Waals surface area contributed by atoms with Gasteiger partial charge >= 0.3 is 18.2 Å². The molecule has 2 amide bonds. The van der Waals surface area contributed by atoms with Crippen molar-refractivity contribution in [1.82, 2.24) is 5.32 Å². The maximum absolute atomic E-state index is 13.2. The molecule has 1 unspecified atom stereocenters. The van der Waals surface area contributed by atoms with E-state index in [4.69, 9.17) is 15.1 Å². The topological polar surface area (TPSA) is 123 Å². The second-order valence-corrected chi connectivity index (χ2v) is 7.43. The van der Waals surface area contributed by atoms with Gasteiger partial charge < -0.3 is 20.3 Å².